The maximum Gasteiger partial charge on any atom is 0.344 e. The zero-order chi connectivity index (χ0) is 21.9. The number of ether oxygens (including phenoxy) is 1. The van der Waals surface area contributed by atoms with Crippen molar-refractivity contribution in [3.63, 3.8) is 0 Å². The molecule has 0 bridgehead atoms. The Balaban J connectivity index is 1.89. The minimum Gasteiger partial charge on any atom is -0.457 e. The van der Waals surface area contributed by atoms with Gasteiger partial charge in [-0.2, -0.15) is 0 Å². The van der Waals surface area contributed by atoms with Crippen molar-refractivity contribution in [2.24, 2.45) is 0 Å². The lowest BCUT2D eigenvalue weighted by atomic mass is 10.0. The summed E-state index contributed by atoms with van der Waals surface area (Å²) in [6.45, 7) is 5.86. The Morgan fingerprint density at radius 3 is 1.61 bits per heavy atom. The van der Waals surface area contributed by atoms with Gasteiger partial charge in [0.25, 0.3) is 0 Å². The summed E-state index contributed by atoms with van der Waals surface area (Å²) in [5.74, 6) is -0.0755. The third kappa shape index (κ3) is 4.60. The molecule has 1 heterocycles. The molecule has 1 fully saturated rings. The first-order valence-electron chi connectivity index (χ1n) is 11.1. The lowest BCUT2D eigenvalue weighted by Crippen LogP contribution is -2.31. The van der Waals surface area contributed by atoms with Gasteiger partial charge in [0.05, 0.1) is 12.6 Å². The van der Waals surface area contributed by atoms with Crippen LogP contribution in [0.25, 0.3) is 0 Å². The van der Waals surface area contributed by atoms with Gasteiger partial charge in [-0.3, -0.25) is 0 Å². The monoisotopic (exact) mass is 431 g/mol. The van der Waals surface area contributed by atoms with Crippen LogP contribution in [0, 0.1) is 0 Å². The highest BCUT2D eigenvalue weighted by Crippen LogP contribution is 2.83. The van der Waals surface area contributed by atoms with Crippen molar-refractivity contribution in [3.8, 4) is 0 Å². The van der Waals surface area contributed by atoms with E-state index in [1.165, 1.54) is 16.4 Å². The summed E-state index contributed by atoms with van der Waals surface area (Å²) in [5.41, 5.74) is 2.92. The van der Waals surface area contributed by atoms with E-state index in [0.717, 1.165) is 12.8 Å². The number of carbonyl (C=O) groups excluding carboxylic acids is 1. The van der Waals surface area contributed by atoms with Crippen molar-refractivity contribution in [2.75, 3.05) is 6.16 Å². The topological polar surface area (TPSA) is 26.3 Å². The lowest BCUT2D eigenvalue weighted by Gasteiger charge is -2.34. The van der Waals surface area contributed by atoms with Crippen LogP contribution in [0.3, 0.4) is 0 Å². The van der Waals surface area contributed by atoms with Crippen molar-refractivity contribution in [1.29, 1.82) is 0 Å². The van der Waals surface area contributed by atoms with Crippen LogP contribution in [0.15, 0.2) is 91.0 Å². The fourth-order valence-corrected chi connectivity index (χ4v) is 10.8. The number of esters is 1. The van der Waals surface area contributed by atoms with Gasteiger partial charge < -0.3 is 4.74 Å². The summed E-state index contributed by atoms with van der Waals surface area (Å²) in [6.07, 6.45) is 2.66. The van der Waals surface area contributed by atoms with Crippen LogP contribution in [0.1, 0.15) is 56.1 Å². The summed E-state index contributed by atoms with van der Waals surface area (Å²) >= 11 is 0. The molecule has 0 unspecified atom stereocenters. The van der Waals surface area contributed by atoms with Gasteiger partial charge in [0, 0.05) is 0 Å². The Kier molecular flexibility index (Phi) is 6.30. The molecular formula is C28H32O2P+. The summed E-state index contributed by atoms with van der Waals surface area (Å²) in [6, 6.07) is 32.4. The minimum atomic E-state index is -1.98. The minimum absolute atomic E-state index is 0.0755. The average Bonchev–Trinajstić information content (AvgIpc) is 3.14. The van der Waals surface area contributed by atoms with E-state index >= 15 is 0 Å². The number of hydrogen-bond donors (Lipinski definition) is 0. The van der Waals surface area contributed by atoms with Gasteiger partial charge in [-0.1, -0.05) is 78.9 Å². The van der Waals surface area contributed by atoms with Crippen LogP contribution in [-0.4, -0.2) is 17.7 Å². The summed E-state index contributed by atoms with van der Waals surface area (Å²) in [5, 5.41) is 1.33. The summed E-state index contributed by atoms with van der Waals surface area (Å²) < 4.78 is 5.90. The largest absolute Gasteiger partial charge is 0.457 e. The van der Waals surface area contributed by atoms with Gasteiger partial charge in [-0.05, 0) is 56.9 Å². The Bertz CT molecular complexity index is 946. The van der Waals surface area contributed by atoms with Crippen LogP contribution in [-0.2, 0) is 9.53 Å². The molecule has 3 heteroatoms. The van der Waals surface area contributed by atoms with Crippen molar-refractivity contribution in [3.05, 3.63) is 102 Å². The molecule has 1 aliphatic rings. The number of hydrogen-bond acceptors (Lipinski definition) is 2. The number of carbonyl (C=O) groups is 1. The van der Waals surface area contributed by atoms with Gasteiger partial charge in [-0.15, -0.1) is 0 Å². The van der Waals surface area contributed by atoms with Crippen LogP contribution in [0.2, 0.25) is 0 Å². The second kappa shape index (κ2) is 8.97. The van der Waals surface area contributed by atoms with Gasteiger partial charge >= 0.3 is 5.97 Å². The van der Waals surface area contributed by atoms with E-state index in [-0.39, 0.29) is 5.97 Å². The molecule has 0 saturated carbocycles. The molecule has 0 spiro atoms. The summed E-state index contributed by atoms with van der Waals surface area (Å²) in [7, 11) is -1.98. The fraction of sp³-hybridized carbons (Fsp3) is 0.321. The highest BCUT2D eigenvalue weighted by Gasteiger charge is 2.61. The molecule has 0 amide bonds. The molecule has 0 radical (unpaired) electrons. The lowest BCUT2D eigenvalue weighted by molar-refractivity contribution is -0.151. The molecule has 1 aliphatic heterocycles. The van der Waals surface area contributed by atoms with E-state index in [4.69, 9.17) is 4.74 Å². The van der Waals surface area contributed by atoms with Crippen LogP contribution in [0.4, 0.5) is 0 Å². The quantitative estimate of drug-likeness (QED) is 0.323. The Labute approximate surface area is 187 Å². The molecule has 2 atom stereocenters. The zero-order valence-corrected chi connectivity index (χ0v) is 19.6. The van der Waals surface area contributed by atoms with Gasteiger partial charge in [0.15, 0.2) is 6.16 Å². The number of rotatable bonds is 5. The van der Waals surface area contributed by atoms with Crippen LogP contribution >= 0.6 is 7.26 Å². The third-order valence-electron chi connectivity index (χ3n) is 6.24. The first kappa shape index (κ1) is 21.8. The van der Waals surface area contributed by atoms with Crippen molar-refractivity contribution in [1.82, 2.24) is 0 Å². The van der Waals surface area contributed by atoms with Gasteiger partial charge in [0.1, 0.15) is 16.9 Å². The molecule has 3 aromatic carbocycles. The number of benzene rings is 3. The van der Waals surface area contributed by atoms with Gasteiger partial charge in [0.2, 0.25) is 0 Å². The normalized spacial score (nSPS) is 20.4. The van der Waals surface area contributed by atoms with E-state index in [1.54, 1.807) is 0 Å². The molecule has 31 heavy (non-hydrogen) atoms. The zero-order valence-electron chi connectivity index (χ0n) is 18.7. The molecule has 0 N–H and O–H groups in total. The average molecular weight is 432 g/mol. The predicted molar refractivity (Wildman–Crippen MR) is 131 cm³/mol. The maximum absolute atomic E-state index is 13.4. The molecule has 0 aromatic heterocycles. The molecule has 1 saturated heterocycles. The fourth-order valence-electron chi connectivity index (χ4n) is 5.17. The van der Waals surface area contributed by atoms with Crippen molar-refractivity contribution >= 4 is 18.5 Å². The van der Waals surface area contributed by atoms with Gasteiger partial charge in [-0.25, -0.2) is 4.79 Å². The highest BCUT2D eigenvalue weighted by molar-refractivity contribution is 7.84. The predicted octanol–water partition coefficient (Wildman–Crippen LogP) is 6.95. The Morgan fingerprint density at radius 1 is 0.774 bits per heavy atom. The van der Waals surface area contributed by atoms with Crippen molar-refractivity contribution < 1.29 is 9.53 Å². The highest BCUT2D eigenvalue weighted by atomic mass is 31.2. The molecule has 160 valence electrons. The standard InChI is InChI=1S/C28H32O2P/c1-28(2,3)30-27(29)21-31(24-17-11-6-12-18-24)25(22-13-7-4-8-14-22)19-20-26(31)23-15-9-5-10-16-23/h4-18,25-26H,19-21H2,1-3H3/q+1/t25-,26-/m0/s1. The van der Waals surface area contributed by atoms with Crippen LogP contribution in [0.5, 0.6) is 0 Å². The smallest absolute Gasteiger partial charge is 0.344 e. The molecule has 4 rings (SSSR count). The first-order valence-corrected chi connectivity index (χ1v) is 13.3. The SMILES string of the molecule is CC(C)(C)OC(=O)C[P+]1(c2ccccc2)[C@H](c2ccccc2)CC[C@H]1c1ccccc1. The van der Waals surface area contributed by atoms with E-state index < -0.39 is 12.9 Å². The Hall–Kier alpha value is -2.44. The van der Waals surface area contributed by atoms with E-state index in [1.807, 2.05) is 20.8 Å². The van der Waals surface area contributed by atoms with Crippen molar-refractivity contribution in [2.45, 2.75) is 50.5 Å². The van der Waals surface area contributed by atoms with Crippen LogP contribution < -0.4 is 5.30 Å². The molecule has 3 aromatic rings. The third-order valence-corrected chi connectivity index (χ3v) is 11.6. The van der Waals surface area contributed by atoms with E-state index in [9.17, 15) is 4.79 Å². The maximum atomic E-state index is 13.4. The molecule has 0 aliphatic carbocycles. The molecule has 2 nitrogen and oxygen atoms in total. The molecular weight excluding hydrogens is 399 g/mol. The second-order valence-corrected chi connectivity index (χ2v) is 13.4. The first-order chi connectivity index (χ1) is 14.9. The summed E-state index contributed by atoms with van der Waals surface area (Å²) in [4.78, 5) is 13.4. The van der Waals surface area contributed by atoms with E-state index in [2.05, 4.69) is 91.0 Å². The Morgan fingerprint density at radius 2 is 1.19 bits per heavy atom. The second-order valence-electron chi connectivity index (χ2n) is 9.44. The van der Waals surface area contributed by atoms with E-state index in [0.29, 0.717) is 17.5 Å².